The van der Waals surface area contributed by atoms with Crippen LogP contribution in [0.1, 0.15) is 12.6 Å². The Kier molecular flexibility index (Phi) is 4.44. The van der Waals surface area contributed by atoms with Gasteiger partial charge >= 0.3 is 0 Å². The molecule has 0 atom stereocenters. The summed E-state index contributed by atoms with van der Waals surface area (Å²) in [6.45, 7) is 5.75. The van der Waals surface area contributed by atoms with E-state index in [1.807, 2.05) is 67.6 Å². The number of para-hydroxylation sites is 2. The molecule has 0 aliphatic rings. The Balaban J connectivity index is 2.29. The summed E-state index contributed by atoms with van der Waals surface area (Å²) in [5, 5.41) is 0. The third-order valence-electron chi connectivity index (χ3n) is 3.61. The molecule has 0 aliphatic carbocycles. The Morgan fingerprint density at radius 1 is 0.913 bits per heavy atom. The van der Waals surface area contributed by atoms with Gasteiger partial charge in [0.2, 0.25) is 0 Å². The van der Waals surface area contributed by atoms with E-state index in [1.54, 1.807) is 6.08 Å². The Morgan fingerprint density at radius 2 is 1.57 bits per heavy atom. The molecule has 23 heavy (non-hydrogen) atoms. The second-order valence-electron chi connectivity index (χ2n) is 5.11. The molecule has 0 fully saturated rings. The van der Waals surface area contributed by atoms with Gasteiger partial charge in [0.05, 0.1) is 22.4 Å². The molecule has 0 aliphatic heterocycles. The van der Waals surface area contributed by atoms with Crippen LogP contribution in [0.15, 0.2) is 85.5 Å². The van der Waals surface area contributed by atoms with Crippen LogP contribution >= 0.6 is 0 Å². The SMILES string of the molecule is C=C/C=C\C(=C/C)c1nc2ccccc2nc1-c1ccccc1. The first-order chi connectivity index (χ1) is 11.3. The average molecular weight is 298 g/mol. The van der Waals surface area contributed by atoms with Gasteiger partial charge in [-0.1, -0.05) is 73.3 Å². The number of allylic oxidation sites excluding steroid dienone is 5. The van der Waals surface area contributed by atoms with Crippen molar-refractivity contribution >= 4 is 16.6 Å². The lowest BCUT2D eigenvalue weighted by Gasteiger charge is -2.11. The monoisotopic (exact) mass is 298 g/mol. The molecule has 0 saturated carbocycles. The van der Waals surface area contributed by atoms with Crippen molar-refractivity contribution in [2.75, 3.05) is 0 Å². The van der Waals surface area contributed by atoms with Gasteiger partial charge in [0.15, 0.2) is 0 Å². The van der Waals surface area contributed by atoms with Gasteiger partial charge in [0.1, 0.15) is 0 Å². The van der Waals surface area contributed by atoms with Crippen LogP contribution in [0.25, 0.3) is 27.9 Å². The van der Waals surface area contributed by atoms with Gasteiger partial charge in [-0.3, -0.25) is 0 Å². The Bertz CT molecular complexity index is 890. The smallest absolute Gasteiger partial charge is 0.0972 e. The Morgan fingerprint density at radius 3 is 2.22 bits per heavy atom. The molecule has 3 aromatic rings. The van der Waals surface area contributed by atoms with E-state index in [1.165, 1.54) is 0 Å². The van der Waals surface area contributed by atoms with Crippen LogP contribution in [0.5, 0.6) is 0 Å². The van der Waals surface area contributed by atoms with Crippen LogP contribution in [0.4, 0.5) is 0 Å². The summed E-state index contributed by atoms with van der Waals surface area (Å²) in [7, 11) is 0. The normalized spacial score (nSPS) is 12.0. The maximum atomic E-state index is 4.86. The van der Waals surface area contributed by atoms with E-state index >= 15 is 0 Å². The van der Waals surface area contributed by atoms with Crippen LogP contribution in [-0.4, -0.2) is 9.97 Å². The number of fused-ring (bicyclic) bond motifs is 1. The van der Waals surface area contributed by atoms with Crippen molar-refractivity contribution in [2.45, 2.75) is 6.92 Å². The summed E-state index contributed by atoms with van der Waals surface area (Å²) < 4.78 is 0. The van der Waals surface area contributed by atoms with Crippen molar-refractivity contribution in [1.29, 1.82) is 0 Å². The summed E-state index contributed by atoms with van der Waals surface area (Å²) in [5.41, 5.74) is 5.67. The lowest BCUT2D eigenvalue weighted by molar-refractivity contribution is 1.25. The maximum absolute atomic E-state index is 4.86. The topological polar surface area (TPSA) is 25.8 Å². The first-order valence-corrected chi connectivity index (χ1v) is 7.61. The van der Waals surface area contributed by atoms with Crippen molar-refractivity contribution in [1.82, 2.24) is 9.97 Å². The molecule has 1 heterocycles. The zero-order valence-electron chi connectivity index (χ0n) is 13.1. The van der Waals surface area contributed by atoms with Gasteiger partial charge < -0.3 is 0 Å². The Labute approximate surface area is 136 Å². The molecular formula is C21H18N2. The fraction of sp³-hybridized carbons (Fsp3) is 0.0476. The van der Waals surface area contributed by atoms with E-state index < -0.39 is 0 Å². The molecule has 0 spiro atoms. The molecule has 0 bridgehead atoms. The minimum Gasteiger partial charge on any atom is -0.244 e. The van der Waals surface area contributed by atoms with E-state index in [0.717, 1.165) is 33.6 Å². The minimum absolute atomic E-state index is 0.885. The molecule has 0 amide bonds. The molecule has 0 unspecified atom stereocenters. The van der Waals surface area contributed by atoms with Crippen LogP contribution in [-0.2, 0) is 0 Å². The summed E-state index contributed by atoms with van der Waals surface area (Å²) in [6, 6.07) is 18.1. The van der Waals surface area contributed by atoms with E-state index in [4.69, 9.17) is 9.97 Å². The molecule has 0 N–H and O–H groups in total. The molecule has 2 aromatic carbocycles. The second-order valence-corrected chi connectivity index (χ2v) is 5.11. The zero-order chi connectivity index (χ0) is 16.1. The molecule has 2 nitrogen and oxygen atoms in total. The highest BCUT2D eigenvalue weighted by Crippen LogP contribution is 2.28. The van der Waals surface area contributed by atoms with Crippen molar-refractivity contribution in [2.24, 2.45) is 0 Å². The van der Waals surface area contributed by atoms with E-state index in [-0.39, 0.29) is 0 Å². The summed E-state index contributed by atoms with van der Waals surface area (Å²) in [6.07, 6.45) is 7.74. The zero-order valence-corrected chi connectivity index (χ0v) is 13.1. The van der Waals surface area contributed by atoms with Gasteiger partial charge in [0, 0.05) is 5.56 Å². The van der Waals surface area contributed by atoms with Gasteiger partial charge in [-0.05, 0) is 24.6 Å². The van der Waals surface area contributed by atoms with Gasteiger partial charge in [-0.2, -0.15) is 0 Å². The third-order valence-corrected chi connectivity index (χ3v) is 3.61. The predicted molar refractivity (Wildman–Crippen MR) is 98.0 cm³/mol. The van der Waals surface area contributed by atoms with Gasteiger partial charge in [-0.15, -0.1) is 0 Å². The number of hydrogen-bond acceptors (Lipinski definition) is 2. The second kappa shape index (κ2) is 6.84. The van der Waals surface area contributed by atoms with Crippen LogP contribution in [0.3, 0.4) is 0 Å². The third kappa shape index (κ3) is 3.11. The first-order valence-electron chi connectivity index (χ1n) is 7.61. The molecule has 112 valence electrons. The molecule has 3 rings (SSSR count). The molecule has 1 aromatic heterocycles. The lowest BCUT2D eigenvalue weighted by atomic mass is 10.0. The fourth-order valence-corrected chi connectivity index (χ4v) is 2.48. The van der Waals surface area contributed by atoms with Crippen molar-refractivity contribution in [3.8, 4) is 11.3 Å². The highest BCUT2D eigenvalue weighted by atomic mass is 14.8. The number of rotatable bonds is 4. The summed E-state index contributed by atoms with van der Waals surface area (Å²) in [4.78, 5) is 9.72. The molecule has 2 heteroatoms. The minimum atomic E-state index is 0.885. The van der Waals surface area contributed by atoms with Crippen molar-refractivity contribution in [3.63, 3.8) is 0 Å². The van der Waals surface area contributed by atoms with Gasteiger partial charge in [0.25, 0.3) is 0 Å². The molecule has 0 radical (unpaired) electrons. The lowest BCUT2D eigenvalue weighted by Crippen LogP contribution is -1.97. The van der Waals surface area contributed by atoms with Gasteiger partial charge in [-0.25, -0.2) is 9.97 Å². The molecular weight excluding hydrogens is 280 g/mol. The van der Waals surface area contributed by atoms with Crippen molar-refractivity contribution < 1.29 is 0 Å². The fourth-order valence-electron chi connectivity index (χ4n) is 2.48. The van der Waals surface area contributed by atoms with Crippen LogP contribution in [0.2, 0.25) is 0 Å². The van der Waals surface area contributed by atoms with E-state index in [2.05, 4.69) is 18.7 Å². The van der Waals surface area contributed by atoms with E-state index in [0.29, 0.717) is 0 Å². The van der Waals surface area contributed by atoms with Crippen LogP contribution in [0, 0.1) is 0 Å². The van der Waals surface area contributed by atoms with E-state index in [9.17, 15) is 0 Å². The summed E-state index contributed by atoms with van der Waals surface area (Å²) in [5.74, 6) is 0. The quantitative estimate of drug-likeness (QED) is 0.599. The average Bonchev–Trinajstić information content (AvgIpc) is 2.62. The maximum Gasteiger partial charge on any atom is 0.0972 e. The predicted octanol–water partition coefficient (Wildman–Crippen LogP) is 5.44. The Hall–Kier alpha value is -3.00. The number of aromatic nitrogens is 2. The highest BCUT2D eigenvalue weighted by Gasteiger charge is 2.12. The molecule has 0 saturated heterocycles. The standard InChI is InChI=1S/C21H18N2/c1-3-5-11-16(4-2)20-21(17-12-7-6-8-13-17)23-19-15-10-9-14-18(19)22-20/h3-15H,1H2,2H3/b11-5-,16-4+. The first kappa shape index (κ1) is 14.9. The largest absolute Gasteiger partial charge is 0.244 e. The highest BCUT2D eigenvalue weighted by molar-refractivity contribution is 5.87. The number of nitrogens with zero attached hydrogens (tertiary/aromatic N) is 2. The number of benzene rings is 2. The number of hydrogen-bond donors (Lipinski definition) is 0. The van der Waals surface area contributed by atoms with Crippen LogP contribution < -0.4 is 0 Å². The summed E-state index contributed by atoms with van der Waals surface area (Å²) >= 11 is 0. The van der Waals surface area contributed by atoms with Crippen molar-refractivity contribution in [3.05, 3.63) is 91.2 Å².